The van der Waals surface area contributed by atoms with Gasteiger partial charge in [0.2, 0.25) is 5.91 Å². The molecule has 0 spiro atoms. The molecule has 20 heavy (non-hydrogen) atoms. The SMILES string of the molecule is CCNC(=O)C1CNCCN1Cc1ccn(C(C)C)n1. The normalized spacial score (nSPS) is 20.3. The van der Waals surface area contributed by atoms with Crippen molar-refractivity contribution in [1.29, 1.82) is 0 Å². The second kappa shape index (κ2) is 6.85. The monoisotopic (exact) mass is 279 g/mol. The standard InChI is InChI=1S/C14H25N5O/c1-4-16-14(20)13-9-15-6-8-18(13)10-12-5-7-19(17-12)11(2)3/h5,7,11,13,15H,4,6,8-10H2,1-3H3,(H,16,20). The number of hydrogen-bond acceptors (Lipinski definition) is 4. The van der Waals surface area contributed by atoms with Crippen LogP contribution in [0.5, 0.6) is 0 Å². The van der Waals surface area contributed by atoms with E-state index in [1.54, 1.807) is 0 Å². The Morgan fingerprint density at radius 2 is 2.40 bits per heavy atom. The van der Waals surface area contributed by atoms with E-state index in [-0.39, 0.29) is 11.9 Å². The van der Waals surface area contributed by atoms with Crippen molar-refractivity contribution in [2.24, 2.45) is 0 Å². The van der Waals surface area contributed by atoms with E-state index in [9.17, 15) is 4.79 Å². The molecule has 0 radical (unpaired) electrons. The number of rotatable bonds is 5. The molecule has 1 aliphatic rings. The van der Waals surface area contributed by atoms with E-state index in [4.69, 9.17) is 0 Å². The minimum absolute atomic E-state index is 0.1000. The predicted octanol–water partition coefficient (Wildman–Crippen LogP) is 0.374. The van der Waals surface area contributed by atoms with Crippen LogP contribution in [0.25, 0.3) is 0 Å². The molecule has 0 saturated carbocycles. The molecule has 1 atom stereocenters. The fourth-order valence-corrected chi connectivity index (χ4v) is 2.44. The summed E-state index contributed by atoms with van der Waals surface area (Å²) in [5, 5.41) is 10.8. The maximum atomic E-state index is 12.1. The van der Waals surface area contributed by atoms with Gasteiger partial charge in [0.25, 0.3) is 0 Å². The van der Waals surface area contributed by atoms with Crippen molar-refractivity contribution >= 4 is 5.91 Å². The van der Waals surface area contributed by atoms with E-state index >= 15 is 0 Å². The van der Waals surface area contributed by atoms with E-state index < -0.39 is 0 Å². The van der Waals surface area contributed by atoms with Gasteiger partial charge < -0.3 is 10.6 Å². The molecule has 1 aromatic rings. The first-order valence-electron chi connectivity index (χ1n) is 7.38. The molecular formula is C14H25N5O. The molecule has 0 bridgehead atoms. The fourth-order valence-electron chi connectivity index (χ4n) is 2.44. The van der Waals surface area contributed by atoms with E-state index in [0.717, 1.165) is 25.3 Å². The Kier molecular flexibility index (Phi) is 5.14. The van der Waals surface area contributed by atoms with Crippen LogP contribution in [-0.4, -0.2) is 52.8 Å². The average molecular weight is 279 g/mol. The lowest BCUT2D eigenvalue weighted by molar-refractivity contribution is -0.127. The van der Waals surface area contributed by atoms with Gasteiger partial charge in [0.1, 0.15) is 6.04 Å². The summed E-state index contributed by atoms with van der Waals surface area (Å²) < 4.78 is 1.96. The lowest BCUT2D eigenvalue weighted by atomic mass is 10.1. The highest BCUT2D eigenvalue weighted by Crippen LogP contribution is 2.11. The minimum atomic E-state index is -0.104. The molecule has 1 unspecified atom stereocenters. The molecule has 1 amide bonds. The first-order valence-corrected chi connectivity index (χ1v) is 7.38. The number of nitrogens with one attached hydrogen (secondary N) is 2. The number of piperazine rings is 1. The topological polar surface area (TPSA) is 62.2 Å². The molecule has 1 fully saturated rings. The number of aromatic nitrogens is 2. The molecule has 1 aliphatic heterocycles. The van der Waals surface area contributed by atoms with E-state index in [2.05, 4.69) is 34.5 Å². The van der Waals surface area contributed by atoms with Crippen LogP contribution in [0.4, 0.5) is 0 Å². The molecule has 1 saturated heterocycles. The summed E-state index contributed by atoms with van der Waals surface area (Å²) in [6.07, 6.45) is 2.00. The van der Waals surface area contributed by atoms with Crippen LogP contribution >= 0.6 is 0 Å². The van der Waals surface area contributed by atoms with Crippen LogP contribution in [0.2, 0.25) is 0 Å². The summed E-state index contributed by atoms with van der Waals surface area (Å²) in [5.74, 6) is 0.1000. The quantitative estimate of drug-likeness (QED) is 0.818. The van der Waals surface area contributed by atoms with Gasteiger partial charge in [-0.3, -0.25) is 14.4 Å². The Bertz CT molecular complexity index is 443. The second-order valence-corrected chi connectivity index (χ2v) is 5.47. The number of carbonyl (C=O) groups is 1. The maximum absolute atomic E-state index is 12.1. The number of amides is 1. The number of hydrogen-bond donors (Lipinski definition) is 2. The summed E-state index contributed by atoms with van der Waals surface area (Å²) in [7, 11) is 0. The summed E-state index contributed by atoms with van der Waals surface area (Å²) in [5.41, 5.74) is 1.02. The first-order chi connectivity index (χ1) is 9.61. The third kappa shape index (κ3) is 3.58. The van der Waals surface area contributed by atoms with Gasteiger partial charge in [0.15, 0.2) is 0 Å². The summed E-state index contributed by atoms with van der Waals surface area (Å²) in [6, 6.07) is 2.30. The van der Waals surface area contributed by atoms with Crippen molar-refractivity contribution in [3.63, 3.8) is 0 Å². The Morgan fingerprint density at radius 3 is 3.05 bits per heavy atom. The molecule has 2 heterocycles. The molecule has 0 aromatic carbocycles. The molecule has 6 heteroatoms. The van der Waals surface area contributed by atoms with Gasteiger partial charge in [-0.25, -0.2) is 0 Å². The van der Waals surface area contributed by atoms with Gasteiger partial charge in [-0.05, 0) is 26.8 Å². The highest BCUT2D eigenvalue weighted by molar-refractivity contribution is 5.82. The highest BCUT2D eigenvalue weighted by Gasteiger charge is 2.28. The van der Waals surface area contributed by atoms with Crippen molar-refractivity contribution in [3.05, 3.63) is 18.0 Å². The molecule has 6 nitrogen and oxygen atoms in total. The Hall–Kier alpha value is -1.40. The largest absolute Gasteiger partial charge is 0.355 e. The number of likely N-dealkylation sites (N-methyl/N-ethyl adjacent to an activating group) is 1. The van der Waals surface area contributed by atoms with Crippen molar-refractivity contribution in [2.45, 2.75) is 39.4 Å². The van der Waals surface area contributed by atoms with Crippen molar-refractivity contribution in [3.8, 4) is 0 Å². The predicted molar refractivity (Wildman–Crippen MR) is 78.4 cm³/mol. The van der Waals surface area contributed by atoms with Crippen molar-refractivity contribution in [2.75, 3.05) is 26.2 Å². The highest BCUT2D eigenvalue weighted by atomic mass is 16.2. The average Bonchev–Trinajstić information content (AvgIpc) is 2.88. The zero-order valence-electron chi connectivity index (χ0n) is 12.6. The van der Waals surface area contributed by atoms with Crippen molar-refractivity contribution in [1.82, 2.24) is 25.3 Å². The molecule has 2 rings (SSSR count). The van der Waals surface area contributed by atoms with Crippen LogP contribution in [0.15, 0.2) is 12.3 Å². The lowest BCUT2D eigenvalue weighted by Crippen LogP contribution is -2.57. The Balaban J connectivity index is 2.02. The van der Waals surface area contributed by atoms with E-state index in [1.165, 1.54) is 0 Å². The maximum Gasteiger partial charge on any atom is 0.238 e. The van der Waals surface area contributed by atoms with Gasteiger partial charge in [0.05, 0.1) is 5.69 Å². The second-order valence-electron chi connectivity index (χ2n) is 5.47. The van der Waals surface area contributed by atoms with Crippen molar-refractivity contribution < 1.29 is 4.79 Å². The van der Waals surface area contributed by atoms with Crippen LogP contribution in [0.3, 0.4) is 0 Å². The van der Waals surface area contributed by atoms with Gasteiger partial charge in [-0.15, -0.1) is 0 Å². The fraction of sp³-hybridized carbons (Fsp3) is 0.714. The summed E-state index contributed by atoms with van der Waals surface area (Å²) >= 11 is 0. The lowest BCUT2D eigenvalue weighted by Gasteiger charge is -2.34. The zero-order chi connectivity index (χ0) is 14.5. The van der Waals surface area contributed by atoms with E-state index in [0.29, 0.717) is 19.1 Å². The smallest absolute Gasteiger partial charge is 0.238 e. The van der Waals surface area contributed by atoms with Crippen LogP contribution < -0.4 is 10.6 Å². The first kappa shape index (κ1) is 15.0. The Morgan fingerprint density at radius 1 is 1.60 bits per heavy atom. The van der Waals surface area contributed by atoms with Gasteiger partial charge >= 0.3 is 0 Å². The molecule has 1 aromatic heterocycles. The van der Waals surface area contributed by atoms with Gasteiger partial charge in [-0.2, -0.15) is 5.10 Å². The summed E-state index contributed by atoms with van der Waals surface area (Å²) in [6.45, 7) is 10.1. The third-order valence-electron chi connectivity index (χ3n) is 3.57. The summed E-state index contributed by atoms with van der Waals surface area (Å²) in [4.78, 5) is 14.3. The Labute approximate surface area is 120 Å². The van der Waals surface area contributed by atoms with Gasteiger partial charge in [-0.1, -0.05) is 0 Å². The molecule has 0 aliphatic carbocycles. The van der Waals surface area contributed by atoms with Gasteiger partial charge in [0, 0.05) is 45.0 Å². The number of carbonyl (C=O) groups excluding carboxylic acids is 1. The minimum Gasteiger partial charge on any atom is -0.355 e. The molecular weight excluding hydrogens is 254 g/mol. The number of nitrogens with zero attached hydrogens (tertiary/aromatic N) is 3. The molecule has 112 valence electrons. The van der Waals surface area contributed by atoms with Crippen LogP contribution in [-0.2, 0) is 11.3 Å². The zero-order valence-corrected chi connectivity index (χ0v) is 12.6. The van der Waals surface area contributed by atoms with Crippen LogP contribution in [0, 0.1) is 0 Å². The van der Waals surface area contributed by atoms with E-state index in [1.807, 2.05) is 23.9 Å². The third-order valence-corrected chi connectivity index (χ3v) is 3.57. The molecule has 2 N–H and O–H groups in total. The van der Waals surface area contributed by atoms with Crippen LogP contribution in [0.1, 0.15) is 32.5 Å².